The predicted octanol–water partition coefficient (Wildman–Crippen LogP) is 23.4. The zero-order valence-electron chi connectivity index (χ0n) is 64.0. The number of ether oxygens (including phenoxy) is 3. The lowest BCUT2D eigenvalue weighted by molar-refractivity contribution is -0.302. The van der Waals surface area contributed by atoms with Crippen LogP contribution in [0.25, 0.3) is 0 Å². The van der Waals surface area contributed by atoms with E-state index in [1.165, 1.54) is 302 Å². The smallest absolute Gasteiger partial charge is 0.305 e. The van der Waals surface area contributed by atoms with Crippen LogP contribution in [0.1, 0.15) is 406 Å². The quantitative estimate of drug-likeness (QED) is 0.0195. The zero-order valence-corrected chi connectivity index (χ0v) is 64.0. The highest BCUT2D eigenvalue weighted by Crippen LogP contribution is 2.24. The second-order valence-electron chi connectivity index (χ2n) is 29.2. The van der Waals surface area contributed by atoms with Gasteiger partial charge in [0.15, 0.2) is 6.29 Å². The Morgan fingerprint density at radius 2 is 0.694 bits per heavy atom. The Balaban J connectivity index is 1.91. The molecule has 0 bridgehead atoms. The number of allylic oxidation sites excluding steroid dienone is 11. The molecule has 11 nitrogen and oxygen atoms in total. The number of carbonyl (C=O) groups excluding carboxylic acids is 2. The molecular weight excluding hydrogens is 1220 g/mol. The number of unbranched alkanes of at least 4 members (excludes halogenated alkanes) is 51. The van der Waals surface area contributed by atoms with Crippen LogP contribution in [-0.2, 0) is 23.8 Å². The van der Waals surface area contributed by atoms with Crippen LogP contribution in [0.2, 0.25) is 0 Å². The lowest BCUT2D eigenvalue weighted by Crippen LogP contribution is -2.60. The fraction of sp³-hybridized carbons (Fsp3) is 0.839. The maximum absolute atomic E-state index is 13.1. The highest BCUT2D eigenvalue weighted by Gasteiger charge is 2.44. The van der Waals surface area contributed by atoms with E-state index < -0.39 is 49.5 Å². The van der Waals surface area contributed by atoms with Crippen molar-refractivity contribution in [2.75, 3.05) is 19.8 Å². The van der Waals surface area contributed by atoms with Gasteiger partial charge in [0.1, 0.15) is 24.4 Å². The molecule has 1 heterocycles. The second kappa shape index (κ2) is 75.3. The third-order valence-electron chi connectivity index (χ3n) is 19.7. The summed E-state index contributed by atoms with van der Waals surface area (Å²) in [7, 11) is 0. The third-order valence-corrected chi connectivity index (χ3v) is 19.7. The summed E-state index contributed by atoms with van der Waals surface area (Å²) in [4.78, 5) is 25.2. The van der Waals surface area contributed by atoms with Gasteiger partial charge in [0.05, 0.1) is 32.0 Å². The fourth-order valence-corrected chi connectivity index (χ4v) is 13.1. The number of nitrogens with one attached hydrogen (secondary N) is 1. The first-order chi connectivity index (χ1) is 48.2. The SMILES string of the molecule is CCCCCCC/C=C/CC/C=C/CC/C=C/C(O)C(COC1OC(CO)C(O)C(O)C1O)NC(=O)CCCCCCCCCCCCCCCCCCC/C=C\C/C=C\CCCCCCCCCCCCCCCCCOC(=O)CCCCCCC/C=C\CCCCCCCCC. The molecule has 6 N–H and O–H groups in total. The molecule has 0 radical (unpaired) electrons. The van der Waals surface area contributed by atoms with E-state index in [0.717, 1.165) is 77.0 Å². The van der Waals surface area contributed by atoms with Gasteiger partial charge in [0.25, 0.3) is 0 Å². The molecule has 0 aromatic heterocycles. The van der Waals surface area contributed by atoms with Gasteiger partial charge in [-0.2, -0.15) is 0 Å². The molecule has 0 aromatic rings. The van der Waals surface area contributed by atoms with Gasteiger partial charge in [-0.3, -0.25) is 9.59 Å². The lowest BCUT2D eigenvalue weighted by atomic mass is 9.99. The summed E-state index contributed by atoms with van der Waals surface area (Å²) in [5.74, 6) is -0.185. The molecular formula is C87H159NO10. The largest absolute Gasteiger partial charge is 0.466 e. The number of aliphatic hydroxyl groups is 5. The number of hydrogen-bond donors (Lipinski definition) is 6. The minimum Gasteiger partial charge on any atom is -0.466 e. The van der Waals surface area contributed by atoms with Gasteiger partial charge in [-0.1, -0.05) is 350 Å². The van der Waals surface area contributed by atoms with Gasteiger partial charge in [-0.25, -0.2) is 0 Å². The van der Waals surface area contributed by atoms with Crippen molar-refractivity contribution in [1.82, 2.24) is 5.32 Å². The summed E-state index contributed by atoms with van der Waals surface area (Å²) in [6.45, 7) is 4.35. The monoisotopic (exact) mass is 1380 g/mol. The van der Waals surface area contributed by atoms with Crippen LogP contribution >= 0.6 is 0 Å². The maximum atomic E-state index is 13.1. The lowest BCUT2D eigenvalue weighted by Gasteiger charge is -2.40. The first-order valence-electron chi connectivity index (χ1n) is 42.2. The highest BCUT2D eigenvalue weighted by molar-refractivity contribution is 5.76. The summed E-state index contributed by atoms with van der Waals surface area (Å²) in [6.07, 6.45) is 93.7. The van der Waals surface area contributed by atoms with E-state index in [4.69, 9.17) is 14.2 Å². The molecule has 0 aliphatic carbocycles. The zero-order chi connectivity index (χ0) is 70.8. The topological polar surface area (TPSA) is 175 Å². The average molecular weight is 1380 g/mol. The van der Waals surface area contributed by atoms with Crippen molar-refractivity contribution >= 4 is 11.9 Å². The summed E-state index contributed by atoms with van der Waals surface area (Å²) >= 11 is 0. The first kappa shape index (κ1) is 93.1. The molecule has 0 aromatic carbocycles. The predicted molar refractivity (Wildman–Crippen MR) is 416 cm³/mol. The van der Waals surface area contributed by atoms with E-state index in [1.54, 1.807) is 6.08 Å². The van der Waals surface area contributed by atoms with Crippen molar-refractivity contribution in [3.63, 3.8) is 0 Å². The van der Waals surface area contributed by atoms with Crippen LogP contribution in [0.4, 0.5) is 0 Å². The Bertz CT molecular complexity index is 1860. The van der Waals surface area contributed by atoms with Gasteiger partial charge in [0, 0.05) is 12.8 Å². The minimum atomic E-state index is -1.58. The Morgan fingerprint density at radius 1 is 0.378 bits per heavy atom. The number of hydrogen-bond acceptors (Lipinski definition) is 10. The van der Waals surface area contributed by atoms with Gasteiger partial charge in [-0.05, 0) is 116 Å². The number of esters is 1. The van der Waals surface area contributed by atoms with Crippen molar-refractivity contribution in [3.05, 3.63) is 72.9 Å². The van der Waals surface area contributed by atoms with Crippen LogP contribution in [-0.4, -0.2) is 100 Å². The van der Waals surface area contributed by atoms with E-state index in [1.807, 2.05) is 6.08 Å². The van der Waals surface area contributed by atoms with Gasteiger partial charge in [0.2, 0.25) is 5.91 Å². The molecule has 0 spiro atoms. The van der Waals surface area contributed by atoms with Gasteiger partial charge < -0.3 is 45.1 Å². The summed E-state index contributed by atoms with van der Waals surface area (Å²) in [6, 6.07) is -0.834. The molecule has 1 amide bonds. The molecule has 11 heteroatoms. The maximum Gasteiger partial charge on any atom is 0.305 e. The number of amides is 1. The van der Waals surface area contributed by atoms with E-state index in [0.29, 0.717) is 19.4 Å². The Hall–Kier alpha value is -2.90. The molecule has 7 unspecified atom stereocenters. The Morgan fingerprint density at radius 3 is 1.07 bits per heavy atom. The summed E-state index contributed by atoms with van der Waals surface area (Å²) < 4.78 is 16.8. The molecule has 1 aliphatic rings. The van der Waals surface area contributed by atoms with Crippen LogP contribution in [0.5, 0.6) is 0 Å². The molecule has 1 saturated heterocycles. The van der Waals surface area contributed by atoms with Gasteiger partial charge in [-0.15, -0.1) is 0 Å². The summed E-state index contributed by atoms with van der Waals surface area (Å²) in [5.41, 5.74) is 0. The number of rotatable bonds is 75. The molecule has 572 valence electrons. The van der Waals surface area contributed by atoms with E-state index in [2.05, 4.69) is 79.9 Å². The van der Waals surface area contributed by atoms with Crippen LogP contribution in [0.15, 0.2) is 72.9 Å². The van der Waals surface area contributed by atoms with E-state index >= 15 is 0 Å². The van der Waals surface area contributed by atoms with Crippen LogP contribution in [0.3, 0.4) is 0 Å². The molecule has 0 saturated carbocycles. The molecule has 1 rings (SSSR count). The highest BCUT2D eigenvalue weighted by atomic mass is 16.7. The fourth-order valence-electron chi connectivity index (χ4n) is 13.1. The minimum absolute atomic E-state index is 0.00717. The van der Waals surface area contributed by atoms with Crippen LogP contribution in [0, 0.1) is 0 Å². The van der Waals surface area contributed by atoms with Crippen molar-refractivity contribution in [2.45, 2.75) is 448 Å². The third kappa shape index (κ3) is 62.8. The van der Waals surface area contributed by atoms with E-state index in [-0.39, 0.29) is 18.5 Å². The van der Waals surface area contributed by atoms with Crippen molar-refractivity contribution in [3.8, 4) is 0 Å². The Labute approximate surface area is 604 Å². The van der Waals surface area contributed by atoms with Crippen molar-refractivity contribution < 1.29 is 49.3 Å². The molecule has 1 aliphatic heterocycles. The standard InChI is InChI=1S/C87H159NO10/c1-3-5-7-9-11-13-15-17-19-47-51-55-59-63-67-71-75-83(92)96-76-72-68-64-60-56-52-48-44-42-40-38-36-34-32-30-28-26-24-22-20-21-23-25-27-29-31-33-35-37-39-41-43-46-50-54-58-62-66-70-74-82(91)88-79(78-97-87-86(95)85(94)84(93)81(77-89)98-87)80(90)73-69-65-61-57-53-49-45-18-16-14-12-10-8-6-4-2/h16,18-21,24,26,47,53,57,69,73,79-81,84-87,89-90,93-95H,3-15,17,22-23,25,27-46,48-52,54-56,58-68,70-72,74-78H2,1-2H3,(H,88,91)/b18-16+,21-20-,26-24-,47-19-,57-53+,73-69+. The summed E-state index contributed by atoms with van der Waals surface area (Å²) in [5, 5.41) is 54.6. The second-order valence-corrected chi connectivity index (χ2v) is 29.2. The van der Waals surface area contributed by atoms with Crippen molar-refractivity contribution in [1.29, 1.82) is 0 Å². The Kier molecular flexibility index (Phi) is 71.5. The normalized spacial score (nSPS) is 17.6. The van der Waals surface area contributed by atoms with Crippen LogP contribution < -0.4 is 5.32 Å². The molecule has 98 heavy (non-hydrogen) atoms. The number of carbonyl (C=O) groups is 2. The first-order valence-corrected chi connectivity index (χ1v) is 42.2. The van der Waals surface area contributed by atoms with Gasteiger partial charge >= 0.3 is 5.97 Å². The molecule has 7 atom stereocenters. The number of aliphatic hydroxyl groups excluding tert-OH is 5. The average Bonchev–Trinajstić information content (AvgIpc) is 0.823. The van der Waals surface area contributed by atoms with E-state index in [9.17, 15) is 35.1 Å². The van der Waals surface area contributed by atoms with Crippen molar-refractivity contribution in [2.24, 2.45) is 0 Å². The molecule has 1 fully saturated rings.